The monoisotopic (exact) mass is 323 g/mol. The molecule has 1 aromatic heterocycles. The van der Waals surface area contributed by atoms with Gasteiger partial charge >= 0.3 is 5.97 Å². The minimum Gasteiger partial charge on any atom is -0.478 e. The van der Waals surface area contributed by atoms with Crippen LogP contribution >= 0.6 is 0 Å². The van der Waals surface area contributed by atoms with Gasteiger partial charge in [-0.15, -0.1) is 0 Å². The molecule has 1 aromatic carbocycles. The predicted molar refractivity (Wildman–Crippen MR) is 80.1 cm³/mol. The Morgan fingerprint density at radius 2 is 2.09 bits per heavy atom. The van der Waals surface area contributed by atoms with Crippen LogP contribution in [0.1, 0.15) is 35.0 Å². The molecule has 6 nitrogen and oxygen atoms in total. The van der Waals surface area contributed by atoms with Gasteiger partial charge in [0, 0.05) is 0 Å². The molecule has 0 atom stereocenters. The lowest BCUT2D eigenvalue weighted by Gasteiger charge is -2.07. The third kappa shape index (κ3) is 3.96. The fourth-order valence-electron chi connectivity index (χ4n) is 1.99. The standard InChI is InChI=1S/C15H17NO5S/c1-2-4-11-5-3-6-14(7-11)22(19,20)16-9-13-8-12(10-21-13)15(17)18/h3,5-8,10,16H,2,4,9H2,1H3,(H,17,18). The fourth-order valence-corrected chi connectivity index (χ4v) is 3.05. The molecule has 118 valence electrons. The second-order valence-electron chi connectivity index (χ2n) is 4.83. The zero-order valence-corrected chi connectivity index (χ0v) is 12.9. The van der Waals surface area contributed by atoms with Crippen LogP contribution in [0, 0.1) is 0 Å². The van der Waals surface area contributed by atoms with E-state index in [2.05, 4.69) is 4.72 Å². The van der Waals surface area contributed by atoms with E-state index in [1.54, 1.807) is 12.1 Å². The first-order chi connectivity index (χ1) is 10.4. The van der Waals surface area contributed by atoms with E-state index in [1.807, 2.05) is 13.0 Å². The maximum Gasteiger partial charge on any atom is 0.338 e. The van der Waals surface area contributed by atoms with Gasteiger partial charge in [-0.1, -0.05) is 25.5 Å². The molecule has 0 amide bonds. The molecule has 2 aromatic rings. The maximum absolute atomic E-state index is 12.2. The highest BCUT2D eigenvalue weighted by Crippen LogP contribution is 2.14. The van der Waals surface area contributed by atoms with Crippen LogP contribution in [0.4, 0.5) is 0 Å². The zero-order valence-electron chi connectivity index (χ0n) is 12.1. The number of benzene rings is 1. The van der Waals surface area contributed by atoms with Gasteiger partial charge in [-0.05, 0) is 30.2 Å². The summed E-state index contributed by atoms with van der Waals surface area (Å²) in [6.07, 6.45) is 2.82. The van der Waals surface area contributed by atoms with Crippen molar-refractivity contribution in [2.24, 2.45) is 0 Å². The van der Waals surface area contributed by atoms with Crippen molar-refractivity contribution in [3.8, 4) is 0 Å². The van der Waals surface area contributed by atoms with Crippen LogP contribution in [0.3, 0.4) is 0 Å². The second kappa shape index (κ2) is 6.76. The average molecular weight is 323 g/mol. The fraction of sp³-hybridized carbons (Fsp3) is 0.267. The lowest BCUT2D eigenvalue weighted by atomic mass is 10.1. The van der Waals surface area contributed by atoms with E-state index in [9.17, 15) is 13.2 Å². The SMILES string of the molecule is CCCc1cccc(S(=O)(=O)NCc2cc(C(=O)O)co2)c1. The Labute approximate surface area is 128 Å². The normalized spacial score (nSPS) is 11.5. The molecule has 0 bridgehead atoms. The summed E-state index contributed by atoms with van der Waals surface area (Å²) < 4.78 is 31.9. The largest absolute Gasteiger partial charge is 0.478 e. The predicted octanol–water partition coefficient (Wildman–Crippen LogP) is 2.41. The Balaban J connectivity index is 2.10. The van der Waals surface area contributed by atoms with Gasteiger partial charge in [0.2, 0.25) is 10.0 Å². The number of furan rings is 1. The van der Waals surface area contributed by atoms with Crippen LogP contribution < -0.4 is 4.72 Å². The van der Waals surface area contributed by atoms with Crippen molar-refractivity contribution < 1.29 is 22.7 Å². The number of hydrogen-bond donors (Lipinski definition) is 2. The van der Waals surface area contributed by atoms with E-state index in [0.717, 1.165) is 24.7 Å². The van der Waals surface area contributed by atoms with Crippen molar-refractivity contribution in [1.82, 2.24) is 4.72 Å². The molecule has 7 heteroatoms. The van der Waals surface area contributed by atoms with E-state index >= 15 is 0 Å². The average Bonchev–Trinajstić information content (AvgIpc) is 2.95. The Hall–Kier alpha value is -2.12. The van der Waals surface area contributed by atoms with Crippen LogP contribution in [0.5, 0.6) is 0 Å². The summed E-state index contributed by atoms with van der Waals surface area (Å²) in [5, 5.41) is 8.79. The van der Waals surface area contributed by atoms with Crippen molar-refractivity contribution in [1.29, 1.82) is 0 Å². The van der Waals surface area contributed by atoms with Crippen molar-refractivity contribution in [2.45, 2.75) is 31.2 Å². The maximum atomic E-state index is 12.2. The molecule has 22 heavy (non-hydrogen) atoms. The van der Waals surface area contributed by atoms with Crippen molar-refractivity contribution in [3.63, 3.8) is 0 Å². The van der Waals surface area contributed by atoms with E-state index in [-0.39, 0.29) is 22.8 Å². The first-order valence-corrected chi connectivity index (χ1v) is 8.30. The Morgan fingerprint density at radius 1 is 1.32 bits per heavy atom. The number of carboxylic acids is 1. The molecule has 1 heterocycles. The van der Waals surface area contributed by atoms with E-state index < -0.39 is 16.0 Å². The highest BCUT2D eigenvalue weighted by molar-refractivity contribution is 7.89. The van der Waals surface area contributed by atoms with E-state index in [0.29, 0.717) is 0 Å². The first-order valence-electron chi connectivity index (χ1n) is 6.81. The van der Waals surface area contributed by atoms with Gasteiger partial charge in [-0.25, -0.2) is 17.9 Å². The molecular weight excluding hydrogens is 306 g/mol. The number of rotatable bonds is 7. The number of nitrogens with one attached hydrogen (secondary N) is 1. The molecule has 0 aliphatic rings. The van der Waals surface area contributed by atoms with Gasteiger partial charge in [0.25, 0.3) is 0 Å². The number of hydrogen-bond acceptors (Lipinski definition) is 4. The Kier molecular flexibility index (Phi) is 4.99. The topological polar surface area (TPSA) is 96.6 Å². The smallest absolute Gasteiger partial charge is 0.338 e. The molecule has 0 saturated heterocycles. The number of carbonyl (C=O) groups is 1. The van der Waals surface area contributed by atoms with Crippen LogP contribution in [0.25, 0.3) is 0 Å². The third-order valence-corrected chi connectivity index (χ3v) is 4.48. The minimum absolute atomic E-state index is 0.0147. The summed E-state index contributed by atoms with van der Waals surface area (Å²) in [6, 6.07) is 8.03. The first kappa shape index (κ1) is 16.3. The van der Waals surface area contributed by atoms with Crippen molar-refractivity contribution in [2.75, 3.05) is 0 Å². The highest BCUT2D eigenvalue weighted by Gasteiger charge is 2.16. The van der Waals surface area contributed by atoms with Gasteiger partial charge < -0.3 is 9.52 Å². The summed E-state index contributed by atoms with van der Waals surface area (Å²) in [4.78, 5) is 10.9. The molecule has 0 saturated carbocycles. The molecule has 0 fully saturated rings. The summed E-state index contributed by atoms with van der Waals surface area (Å²) in [5.74, 6) is -0.879. The molecule has 0 aliphatic carbocycles. The van der Waals surface area contributed by atoms with Crippen LogP contribution in [0.2, 0.25) is 0 Å². The molecular formula is C15H17NO5S. The summed E-state index contributed by atoms with van der Waals surface area (Å²) in [6.45, 7) is 1.92. The lowest BCUT2D eigenvalue weighted by Crippen LogP contribution is -2.23. The van der Waals surface area contributed by atoms with Gasteiger partial charge in [-0.3, -0.25) is 0 Å². The minimum atomic E-state index is -3.67. The van der Waals surface area contributed by atoms with E-state index in [1.165, 1.54) is 12.1 Å². The number of sulfonamides is 1. The molecule has 0 radical (unpaired) electrons. The van der Waals surface area contributed by atoms with Crippen molar-refractivity contribution in [3.05, 3.63) is 53.5 Å². The molecule has 0 unspecified atom stereocenters. The summed E-state index contributed by atoms with van der Waals surface area (Å²) in [7, 11) is -3.67. The third-order valence-electron chi connectivity index (χ3n) is 3.08. The quantitative estimate of drug-likeness (QED) is 0.815. The van der Waals surface area contributed by atoms with Gasteiger partial charge in [-0.2, -0.15) is 0 Å². The number of carboxylic acid groups (broad SMARTS) is 1. The highest BCUT2D eigenvalue weighted by atomic mass is 32.2. The van der Waals surface area contributed by atoms with Crippen LogP contribution in [0.15, 0.2) is 45.9 Å². The molecule has 0 aliphatic heterocycles. The second-order valence-corrected chi connectivity index (χ2v) is 6.60. The molecule has 2 N–H and O–H groups in total. The molecule has 2 rings (SSSR count). The lowest BCUT2D eigenvalue weighted by molar-refractivity contribution is 0.0696. The Morgan fingerprint density at radius 3 is 2.73 bits per heavy atom. The van der Waals surface area contributed by atoms with Crippen LogP contribution in [-0.2, 0) is 23.0 Å². The van der Waals surface area contributed by atoms with Crippen molar-refractivity contribution >= 4 is 16.0 Å². The summed E-state index contributed by atoms with van der Waals surface area (Å²) in [5.41, 5.74) is 0.940. The summed E-state index contributed by atoms with van der Waals surface area (Å²) >= 11 is 0. The van der Waals surface area contributed by atoms with Gasteiger partial charge in [0.1, 0.15) is 12.0 Å². The molecule has 0 spiro atoms. The number of aromatic carboxylic acids is 1. The van der Waals surface area contributed by atoms with Gasteiger partial charge in [0.05, 0.1) is 17.0 Å². The number of aryl methyl sites for hydroxylation is 1. The Bertz CT molecular complexity index is 764. The van der Waals surface area contributed by atoms with Gasteiger partial charge in [0.15, 0.2) is 0 Å². The van der Waals surface area contributed by atoms with Crippen LogP contribution in [-0.4, -0.2) is 19.5 Å². The van der Waals surface area contributed by atoms with E-state index in [4.69, 9.17) is 9.52 Å². The zero-order chi connectivity index (χ0) is 16.2.